The van der Waals surface area contributed by atoms with Crippen molar-refractivity contribution in [1.29, 1.82) is 0 Å². The molecular formula is C10H18N4O2. The Morgan fingerprint density at radius 2 is 2.31 bits per heavy atom. The number of nitrogens with zero attached hydrogens (tertiary/aromatic N) is 3. The van der Waals surface area contributed by atoms with Crippen molar-refractivity contribution in [3.8, 4) is 0 Å². The molecule has 0 aliphatic heterocycles. The van der Waals surface area contributed by atoms with Crippen molar-refractivity contribution in [3.05, 3.63) is 5.89 Å². The number of nitrogens with one attached hydrogen (secondary N) is 1. The number of likely N-dealkylation sites (N-methyl/N-ethyl adjacent to an activating group) is 1. The van der Waals surface area contributed by atoms with E-state index in [1.165, 1.54) is 12.8 Å². The molecule has 1 aromatic heterocycles. The largest absolute Gasteiger partial charge is 0.407 e. The second-order valence-electron chi connectivity index (χ2n) is 3.94. The van der Waals surface area contributed by atoms with Gasteiger partial charge < -0.3 is 19.7 Å². The van der Waals surface area contributed by atoms with Crippen LogP contribution in [0.5, 0.6) is 0 Å². The van der Waals surface area contributed by atoms with E-state index in [0.29, 0.717) is 31.0 Å². The summed E-state index contributed by atoms with van der Waals surface area (Å²) in [5, 5.41) is 20.1. The van der Waals surface area contributed by atoms with E-state index in [9.17, 15) is 0 Å². The molecule has 1 aromatic rings. The van der Waals surface area contributed by atoms with Crippen molar-refractivity contribution in [2.75, 3.05) is 24.6 Å². The number of rotatable bonds is 7. The molecule has 6 heteroatoms. The molecule has 0 radical (unpaired) electrons. The molecular weight excluding hydrogens is 208 g/mol. The van der Waals surface area contributed by atoms with E-state index >= 15 is 0 Å². The van der Waals surface area contributed by atoms with Gasteiger partial charge >= 0.3 is 6.01 Å². The van der Waals surface area contributed by atoms with Gasteiger partial charge in [0.25, 0.3) is 0 Å². The number of hydrogen-bond donors (Lipinski definition) is 2. The molecule has 2 rings (SSSR count). The molecule has 0 spiro atoms. The molecule has 1 fully saturated rings. The van der Waals surface area contributed by atoms with Gasteiger partial charge in [0.1, 0.15) is 0 Å². The predicted molar refractivity (Wildman–Crippen MR) is 59.1 cm³/mol. The minimum Gasteiger partial charge on any atom is -0.407 e. The lowest BCUT2D eigenvalue weighted by atomic mass is 10.5. The standard InChI is InChI=1S/C10H18N4O2/c1-2-14(5-6-15)10-13-12-9(16-10)7-11-8-3-4-8/h8,11,15H,2-7H2,1H3. The molecule has 0 saturated heterocycles. The van der Waals surface area contributed by atoms with Gasteiger partial charge in [0.15, 0.2) is 0 Å². The SMILES string of the molecule is CCN(CCO)c1nnc(CNC2CC2)o1. The first-order valence-electron chi connectivity index (χ1n) is 5.75. The Kier molecular flexibility index (Phi) is 3.74. The molecule has 2 N–H and O–H groups in total. The first kappa shape index (κ1) is 11.3. The summed E-state index contributed by atoms with van der Waals surface area (Å²) in [7, 11) is 0. The molecule has 0 unspecified atom stereocenters. The molecule has 0 aromatic carbocycles. The Labute approximate surface area is 94.7 Å². The summed E-state index contributed by atoms with van der Waals surface area (Å²) >= 11 is 0. The third-order valence-corrected chi connectivity index (χ3v) is 2.60. The fourth-order valence-electron chi connectivity index (χ4n) is 1.47. The van der Waals surface area contributed by atoms with E-state index in [1.54, 1.807) is 0 Å². The summed E-state index contributed by atoms with van der Waals surface area (Å²) in [4.78, 5) is 1.85. The van der Waals surface area contributed by atoms with Crippen molar-refractivity contribution in [2.24, 2.45) is 0 Å². The maximum absolute atomic E-state index is 8.88. The molecule has 0 atom stereocenters. The summed E-state index contributed by atoms with van der Waals surface area (Å²) in [6.45, 7) is 3.98. The number of aliphatic hydroxyl groups excluding tert-OH is 1. The van der Waals surface area contributed by atoms with E-state index < -0.39 is 0 Å². The number of anilines is 1. The van der Waals surface area contributed by atoms with Crippen LogP contribution in [0.3, 0.4) is 0 Å². The smallest absolute Gasteiger partial charge is 0.318 e. The second-order valence-corrected chi connectivity index (χ2v) is 3.94. The van der Waals surface area contributed by atoms with E-state index in [1.807, 2.05) is 11.8 Å². The van der Waals surface area contributed by atoms with Crippen molar-refractivity contribution in [1.82, 2.24) is 15.5 Å². The van der Waals surface area contributed by atoms with Gasteiger partial charge in [-0.3, -0.25) is 0 Å². The summed E-state index contributed by atoms with van der Waals surface area (Å²) in [5.74, 6) is 0.610. The highest BCUT2D eigenvalue weighted by molar-refractivity contribution is 5.23. The molecule has 90 valence electrons. The molecule has 1 saturated carbocycles. The number of aliphatic hydroxyl groups is 1. The molecule has 6 nitrogen and oxygen atoms in total. The van der Waals surface area contributed by atoms with Gasteiger partial charge in [-0.15, -0.1) is 5.10 Å². The van der Waals surface area contributed by atoms with Crippen LogP contribution >= 0.6 is 0 Å². The van der Waals surface area contributed by atoms with Gasteiger partial charge in [-0.05, 0) is 19.8 Å². The quantitative estimate of drug-likeness (QED) is 0.689. The van der Waals surface area contributed by atoms with Crippen LogP contribution < -0.4 is 10.2 Å². The van der Waals surface area contributed by atoms with E-state index in [-0.39, 0.29) is 6.61 Å². The van der Waals surface area contributed by atoms with Crippen molar-refractivity contribution in [3.63, 3.8) is 0 Å². The summed E-state index contributed by atoms with van der Waals surface area (Å²) in [5.41, 5.74) is 0. The lowest BCUT2D eigenvalue weighted by molar-refractivity contribution is 0.298. The fraction of sp³-hybridized carbons (Fsp3) is 0.800. The van der Waals surface area contributed by atoms with E-state index in [4.69, 9.17) is 9.52 Å². The van der Waals surface area contributed by atoms with Crippen molar-refractivity contribution >= 4 is 6.01 Å². The maximum Gasteiger partial charge on any atom is 0.318 e. The first-order valence-corrected chi connectivity index (χ1v) is 5.75. The summed E-state index contributed by atoms with van der Waals surface area (Å²) in [6.07, 6.45) is 2.49. The minimum absolute atomic E-state index is 0.0892. The van der Waals surface area contributed by atoms with Crippen LogP contribution in [0.15, 0.2) is 4.42 Å². The van der Waals surface area contributed by atoms with Crippen LogP contribution in [0.25, 0.3) is 0 Å². The number of aromatic nitrogens is 2. The second kappa shape index (κ2) is 5.27. The third kappa shape index (κ3) is 2.93. The van der Waals surface area contributed by atoms with Crippen molar-refractivity contribution < 1.29 is 9.52 Å². The predicted octanol–water partition coefficient (Wildman–Crippen LogP) is 0.140. The lowest BCUT2D eigenvalue weighted by Crippen LogP contribution is -2.26. The van der Waals surface area contributed by atoms with Crippen LogP contribution in [0.2, 0.25) is 0 Å². The zero-order chi connectivity index (χ0) is 11.4. The van der Waals surface area contributed by atoms with Gasteiger partial charge in [0, 0.05) is 19.1 Å². The molecule has 1 heterocycles. The third-order valence-electron chi connectivity index (χ3n) is 2.60. The van der Waals surface area contributed by atoms with Crippen LogP contribution in [0, 0.1) is 0 Å². The number of hydrogen-bond acceptors (Lipinski definition) is 6. The topological polar surface area (TPSA) is 74.4 Å². The average molecular weight is 226 g/mol. The van der Waals surface area contributed by atoms with Gasteiger partial charge in [0.2, 0.25) is 5.89 Å². The Balaban J connectivity index is 1.88. The molecule has 1 aliphatic rings. The lowest BCUT2D eigenvalue weighted by Gasteiger charge is -2.15. The minimum atomic E-state index is 0.0892. The van der Waals surface area contributed by atoms with E-state index in [2.05, 4.69) is 15.5 Å². The van der Waals surface area contributed by atoms with Crippen LogP contribution in [0.4, 0.5) is 6.01 Å². The molecule has 0 bridgehead atoms. The monoisotopic (exact) mass is 226 g/mol. The van der Waals surface area contributed by atoms with Gasteiger partial charge in [0.05, 0.1) is 13.2 Å². The molecule has 16 heavy (non-hydrogen) atoms. The summed E-state index contributed by atoms with van der Waals surface area (Å²) in [6, 6.07) is 1.12. The Hall–Kier alpha value is -1.14. The first-order chi connectivity index (χ1) is 7.83. The van der Waals surface area contributed by atoms with Gasteiger partial charge in [-0.25, -0.2) is 0 Å². The molecule has 1 aliphatic carbocycles. The van der Waals surface area contributed by atoms with Crippen molar-refractivity contribution in [2.45, 2.75) is 32.4 Å². The highest BCUT2D eigenvalue weighted by Gasteiger charge is 2.21. The zero-order valence-corrected chi connectivity index (χ0v) is 9.52. The highest BCUT2D eigenvalue weighted by atomic mass is 16.4. The molecule has 0 amide bonds. The van der Waals surface area contributed by atoms with Crippen LogP contribution in [0.1, 0.15) is 25.7 Å². The summed E-state index contributed by atoms with van der Waals surface area (Å²) < 4.78 is 5.50. The van der Waals surface area contributed by atoms with Gasteiger partial charge in [-0.2, -0.15) is 0 Å². The zero-order valence-electron chi connectivity index (χ0n) is 9.52. The fourth-order valence-corrected chi connectivity index (χ4v) is 1.47. The normalized spacial score (nSPS) is 15.4. The average Bonchev–Trinajstić information content (AvgIpc) is 3.02. The van der Waals surface area contributed by atoms with Gasteiger partial charge in [-0.1, -0.05) is 5.10 Å². The Bertz CT molecular complexity index is 324. The highest BCUT2D eigenvalue weighted by Crippen LogP contribution is 2.19. The maximum atomic E-state index is 8.88. The van der Waals surface area contributed by atoms with Crippen LogP contribution in [-0.2, 0) is 6.54 Å². The van der Waals surface area contributed by atoms with Crippen LogP contribution in [-0.4, -0.2) is 41.0 Å². The Morgan fingerprint density at radius 3 is 2.94 bits per heavy atom. The van der Waals surface area contributed by atoms with E-state index in [0.717, 1.165) is 6.54 Å². The Morgan fingerprint density at radius 1 is 1.50 bits per heavy atom.